The van der Waals surface area contributed by atoms with Gasteiger partial charge in [0.2, 0.25) is 5.91 Å². The van der Waals surface area contributed by atoms with Gasteiger partial charge in [0.1, 0.15) is 11.9 Å². The summed E-state index contributed by atoms with van der Waals surface area (Å²) in [5.74, 6) is -0.485. The highest BCUT2D eigenvalue weighted by atomic mass is 19.1. The number of carbonyl (C=O) groups is 1. The molecule has 2 aromatic rings. The number of hydrogen-bond acceptors (Lipinski definition) is 3. The minimum atomic E-state index is -0.525. The molecule has 0 aliphatic heterocycles. The van der Waals surface area contributed by atoms with Gasteiger partial charge in [-0.3, -0.25) is 14.7 Å². The van der Waals surface area contributed by atoms with Gasteiger partial charge in [0.15, 0.2) is 0 Å². The van der Waals surface area contributed by atoms with E-state index in [4.69, 9.17) is 0 Å². The molecule has 3 rings (SSSR count). The Bertz CT molecular complexity index is 745. The SMILES string of the molecule is CN(C)[C@@H](C(=O)NCc1cnc2c(c1)CCC2)c1cccc(F)c1. The van der Waals surface area contributed by atoms with E-state index in [1.54, 1.807) is 17.0 Å². The highest BCUT2D eigenvalue weighted by Gasteiger charge is 2.23. The summed E-state index contributed by atoms with van der Waals surface area (Å²) < 4.78 is 13.5. The van der Waals surface area contributed by atoms with E-state index in [0.717, 1.165) is 24.8 Å². The van der Waals surface area contributed by atoms with Gasteiger partial charge in [-0.25, -0.2) is 4.39 Å². The zero-order valence-electron chi connectivity index (χ0n) is 14.1. The number of nitrogens with zero attached hydrogens (tertiary/aromatic N) is 2. The van der Waals surface area contributed by atoms with Crippen molar-refractivity contribution >= 4 is 5.91 Å². The van der Waals surface area contributed by atoms with Crippen LogP contribution < -0.4 is 5.32 Å². The monoisotopic (exact) mass is 327 g/mol. The molecule has 1 N–H and O–H groups in total. The van der Waals surface area contributed by atoms with Crippen LogP contribution in [0.2, 0.25) is 0 Å². The highest BCUT2D eigenvalue weighted by Crippen LogP contribution is 2.21. The fourth-order valence-corrected chi connectivity index (χ4v) is 3.22. The number of aryl methyl sites for hydroxylation is 2. The third-order valence-corrected chi connectivity index (χ3v) is 4.37. The lowest BCUT2D eigenvalue weighted by atomic mass is 10.0. The molecule has 1 atom stereocenters. The van der Waals surface area contributed by atoms with Crippen molar-refractivity contribution in [3.63, 3.8) is 0 Å². The topological polar surface area (TPSA) is 45.2 Å². The van der Waals surface area contributed by atoms with Crippen LogP contribution in [0, 0.1) is 5.82 Å². The molecule has 0 fully saturated rings. The maximum Gasteiger partial charge on any atom is 0.242 e. The predicted molar refractivity (Wildman–Crippen MR) is 90.9 cm³/mol. The van der Waals surface area contributed by atoms with Crippen LogP contribution in [-0.4, -0.2) is 29.9 Å². The van der Waals surface area contributed by atoms with Gasteiger partial charge in [-0.2, -0.15) is 0 Å². The van der Waals surface area contributed by atoms with Crippen LogP contribution in [0.3, 0.4) is 0 Å². The lowest BCUT2D eigenvalue weighted by molar-refractivity contribution is -0.125. The van der Waals surface area contributed by atoms with Crippen molar-refractivity contribution in [2.75, 3.05) is 14.1 Å². The van der Waals surface area contributed by atoms with Crippen molar-refractivity contribution in [2.24, 2.45) is 0 Å². The molecule has 1 aliphatic carbocycles. The minimum absolute atomic E-state index is 0.147. The maximum atomic E-state index is 13.5. The number of rotatable bonds is 5. The first-order chi connectivity index (χ1) is 11.5. The number of pyridine rings is 1. The molecule has 0 bridgehead atoms. The Kier molecular flexibility index (Phi) is 4.90. The molecule has 0 saturated heterocycles. The quantitative estimate of drug-likeness (QED) is 0.918. The number of halogens is 1. The van der Waals surface area contributed by atoms with Crippen molar-refractivity contribution in [3.05, 3.63) is 64.7 Å². The van der Waals surface area contributed by atoms with E-state index in [1.807, 2.05) is 20.3 Å². The average molecular weight is 327 g/mol. The van der Waals surface area contributed by atoms with Crippen LogP contribution in [0.4, 0.5) is 4.39 Å². The van der Waals surface area contributed by atoms with E-state index < -0.39 is 6.04 Å². The molecule has 1 heterocycles. The number of nitrogens with one attached hydrogen (secondary N) is 1. The van der Waals surface area contributed by atoms with Crippen molar-refractivity contribution in [3.8, 4) is 0 Å². The Morgan fingerprint density at radius 3 is 2.92 bits per heavy atom. The van der Waals surface area contributed by atoms with Gasteiger partial charge in [-0.15, -0.1) is 0 Å². The van der Waals surface area contributed by atoms with Crippen LogP contribution in [0.1, 0.15) is 34.8 Å². The average Bonchev–Trinajstić information content (AvgIpc) is 3.00. The largest absolute Gasteiger partial charge is 0.350 e. The molecule has 0 radical (unpaired) electrons. The standard InChI is InChI=1S/C19H22FN3O/c1-23(2)18(15-6-3-7-16(20)10-15)19(24)22-12-13-9-14-5-4-8-17(14)21-11-13/h3,6-7,9-11,18H,4-5,8,12H2,1-2H3,(H,22,24)/t18-/m1/s1. The molecular formula is C19H22FN3O. The lowest BCUT2D eigenvalue weighted by Gasteiger charge is -2.24. The van der Waals surface area contributed by atoms with Crippen LogP contribution in [0.15, 0.2) is 36.5 Å². The summed E-state index contributed by atoms with van der Waals surface area (Å²) in [6.45, 7) is 0.429. The van der Waals surface area contributed by atoms with Crippen LogP contribution in [0.25, 0.3) is 0 Å². The molecule has 24 heavy (non-hydrogen) atoms. The normalized spacial score (nSPS) is 14.5. The molecular weight excluding hydrogens is 305 g/mol. The summed E-state index contributed by atoms with van der Waals surface area (Å²) in [4.78, 5) is 18.9. The molecule has 1 amide bonds. The zero-order chi connectivity index (χ0) is 17.1. The summed E-state index contributed by atoms with van der Waals surface area (Å²) in [5.41, 5.74) is 4.11. The fourth-order valence-electron chi connectivity index (χ4n) is 3.22. The smallest absolute Gasteiger partial charge is 0.242 e. The second-order valence-electron chi connectivity index (χ2n) is 6.44. The number of benzene rings is 1. The summed E-state index contributed by atoms with van der Waals surface area (Å²) in [5, 5.41) is 2.95. The van der Waals surface area contributed by atoms with E-state index in [0.29, 0.717) is 12.1 Å². The van der Waals surface area contributed by atoms with Crippen LogP contribution >= 0.6 is 0 Å². The summed E-state index contributed by atoms with van der Waals surface area (Å²) in [6, 6.07) is 7.78. The molecule has 4 nitrogen and oxygen atoms in total. The van der Waals surface area contributed by atoms with Gasteiger partial charge in [0, 0.05) is 18.4 Å². The second kappa shape index (κ2) is 7.09. The summed E-state index contributed by atoms with van der Waals surface area (Å²) in [6.07, 6.45) is 5.09. The summed E-state index contributed by atoms with van der Waals surface area (Å²) >= 11 is 0. The van der Waals surface area contributed by atoms with E-state index in [9.17, 15) is 9.18 Å². The third kappa shape index (κ3) is 3.62. The zero-order valence-corrected chi connectivity index (χ0v) is 14.1. The van der Waals surface area contributed by atoms with Crippen molar-refractivity contribution in [2.45, 2.75) is 31.8 Å². The van der Waals surface area contributed by atoms with E-state index >= 15 is 0 Å². The van der Waals surface area contributed by atoms with Gasteiger partial charge < -0.3 is 5.32 Å². The maximum absolute atomic E-state index is 13.5. The molecule has 0 unspecified atom stereocenters. The number of carbonyl (C=O) groups excluding carboxylic acids is 1. The highest BCUT2D eigenvalue weighted by molar-refractivity contribution is 5.83. The number of aromatic nitrogens is 1. The van der Waals surface area contributed by atoms with Crippen LogP contribution in [0.5, 0.6) is 0 Å². The first-order valence-corrected chi connectivity index (χ1v) is 8.21. The van der Waals surface area contributed by atoms with Gasteiger partial charge in [-0.1, -0.05) is 18.2 Å². The Balaban J connectivity index is 1.70. The molecule has 126 valence electrons. The van der Waals surface area contributed by atoms with Crippen LogP contribution in [-0.2, 0) is 24.2 Å². The Morgan fingerprint density at radius 1 is 1.33 bits per heavy atom. The molecule has 1 aromatic carbocycles. The Morgan fingerprint density at radius 2 is 2.17 bits per heavy atom. The van der Waals surface area contributed by atoms with Gasteiger partial charge in [-0.05, 0) is 62.2 Å². The van der Waals surface area contributed by atoms with Crippen molar-refractivity contribution in [1.29, 1.82) is 0 Å². The van der Waals surface area contributed by atoms with Gasteiger partial charge in [0.25, 0.3) is 0 Å². The number of fused-ring (bicyclic) bond motifs is 1. The third-order valence-electron chi connectivity index (χ3n) is 4.37. The van der Waals surface area contributed by atoms with Gasteiger partial charge >= 0.3 is 0 Å². The van der Waals surface area contributed by atoms with Gasteiger partial charge in [0.05, 0.1) is 0 Å². The van der Waals surface area contributed by atoms with Crippen molar-refractivity contribution < 1.29 is 9.18 Å². The fraction of sp³-hybridized carbons (Fsp3) is 0.368. The Labute approximate surface area is 141 Å². The number of amides is 1. The van der Waals surface area contributed by atoms with Crippen molar-refractivity contribution in [1.82, 2.24) is 15.2 Å². The van der Waals surface area contributed by atoms with E-state index in [2.05, 4.69) is 16.4 Å². The minimum Gasteiger partial charge on any atom is -0.350 e. The molecule has 5 heteroatoms. The Hall–Kier alpha value is -2.27. The number of likely N-dealkylation sites (N-methyl/N-ethyl adjacent to an activating group) is 1. The second-order valence-corrected chi connectivity index (χ2v) is 6.44. The first-order valence-electron chi connectivity index (χ1n) is 8.21. The predicted octanol–water partition coefficient (Wildman–Crippen LogP) is 2.63. The molecule has 0 spiro atoms. The molecule has 0 saturated carbocycles. The first kappa shape index (κ1) is 16.6. The molecule has 1 aliphatic rings. The van der Waals surface area contributed by atoms with E-state index in [1.165, 1.54) is 23.4 Å². The molecule has 1 aromatic heterocycles. The summed E-state index contributed by atoms with van der Waals surface area (Å²) in [7, 11) is 3.62. The number of hydrogen-bond donors (Lipinski definition) is 1. The van der Waals surface area contributed by atoms with E-state index in [-0.39, 0.29) is 11.7 Å². The lowest BCUT2D eigenvalue weighted by Crippen LogP contribution is -2.36.